The van der Waals surface area contributed by atoms with Gasteiger partial charge in [-0.1, -0.05) is 6.07 Å². The Bertz CT molecular complexity index is 672. The Morgan fingerprint density at radius 2 is 2.04 bits per heavy atom. The molecule has 0 spiro atoms. The molecule has 1 unspecified atom stereocenters. The van der Waals surface area contributed by atoms with Gasteiger partial charge in [0.2, 0.25) is 0 Å². The van der Waals surface area contributed by atoms with Crippen LogP contribution in [-0.2, 0) is 14.3 Å². The minimum atomic E-state index is -0.806. The smallest absolute Gasteiger partial charge is 0.309 e. The molecule has 26 heavy (non-hydrogen) atoms. The van der Waals surface area contributed by atoms with Gasteiger partial charge in [-0.3, -0.25) is 9.59 Å². The molecule has 3 rings (SSSR count). The molecule has 1 amide bonds. The molecule has 0 bridgehead atoms. The maximum atomic E-state index is 13.7. The zero-order valence-corrected chi connectivity index (χ0v) is 14.8. The van der Waals surface area contributed by atoms with Crippen molar-refractivity contribution in [2.45, 2.75) is 32.3 Å². The van der Waals surface area contributed by atoms with Crippen LogP contribution in [0.2, 0.25) is 0 Å². The highest BCUT2D eigenvalue weighted by molar-refractivity contribution is 5.78. The molecule has 0 aromatic heterocycles. The molecular formula is C19H24FNO5. The van der Waals surface area contributed by atoms with Gasteiger partial charge in [-0.2, -0.15) is 0 Å². The number of carbonyl (C=O) groups excluding carboxylic acids is 1. The highest BCUT2D eigenvalue weighted by atomic mass is 19.1. The Morgan fingerprint density at radius 3 is 2.73 bits per heavy atom. The molecule has 6 nitrogen and oxygen atoms in total. The van der Waals surface area contributed by atoms with E-state index < -0.39 is 17.7 Å². The number of aryl methyl sites for hydroxylation is 1. The van der Waals surface area contributed by atoms with Crippen LogP contribution in [0.1, 0.15) is 24.8 Å². The summed E-state index contributed by atoms with van der Waals surface area (Å²) in [5, 5.41) is 9.28. The molecule has 2 saturated heterocycles. The summed E-state index contributed by atoms with van der Waals surface area (Å²) in [6.45, 7) is 3.18. The van der Waals surface area contributed by atoms with Crippen molar-refractivity contribution >= 4 is 11.9 Å². The van der Waals surface area contributed by atoms with Gasteiger partial charge in [-0.05, 0) is 49.8 Å². The van der Waals surface area contributed by atoms with Crippen LogP contribution in [0.3, 0.4) is 0 Å². The summed E-state index contributed by atoms with van der Waals surface area (Å²) in [6, 6.07) is 4.53. The zero-order valence-electron chi connectivity index (χ0n) is 14.8. The SMILES string of the molecule is Cc1ccc(F)c(OCC(=O)N2CCC([C@@H]3OCCC3C(=O)O)CC2)c1. The fourth-order valence-electron chi connectivity index (χ4n) is 3.77. The minimum absolute atomic E-state index is 0.0805. The number of likely N-dealkylation sites (tertiary alicyclic amines) is 1. The summed E-state index contributed by atoms with van der Waals surface area (Å²) in [5.41, 5.74) is 0.860. The number of carboxylic acid groups (broad SMARTS) is 1. The number of hydrogen-bond donors (Lipinski definition) is 1. The highest BCUT2D eigenvalue weighted by Gasteiger charge is 2.40. The van der Waals surface area contributed by atoms with E-state index in [1.54, 1.807) is 17.0 Å². The van der Waals surface area contributed by atoms with Crippen LogP contribution in [0.5, 0.6) is 5.75 Å². The van der Waals surface area contributed by atoms with Crippen LogP contribution < -0.4 is 4.74 Å². The van der Waals surface area contributed by atoms with Gasteiger partial charge in [0.15, 0.2) is 18.2 Å². The van der Waals surface area contributed by atoms with Crippen molar-refractivity contribution in [3.63, 3.8) is 0 Å². The predicted octanol–water partition coefficient (Wildman–Crippen LogP) is 2.24. The van der Waals surface area contributed by atoms with E-state index in [1.807, 2.05) is 6.92 Å². The molecular weight excluding hydrogens is 341 g/mol. The van der Waals surface area contributed by atoms with Gasteiger partial charge in [-0.15, -0.1) is 0 Å². The third kappa shape index (κ3) is 4.15. The summed E-state index contributed by atoms with van der Waals surface area (Å²) in [4.78, 5) is 25.3. The first-order valence-corrected chi connectivity index (χ1v) is 8.97. The van der Waals surface area contributed by atoms with Crippen LogP contribution in [0.15, 0.2) is 18.2 Å². The average Bonchev–Trinajstić information content (AvgIpc) is 3.12. The van der Waals surface area contributed by atoms with E-state index >= 15 is 0 Å². The number of ether oxygens (including phenoxy) is 2. The Morgan fingerprint density at radius 1 is 1.31 bits per heavy atom. The number of benzene rings is 1. The van der Waals surface area contributed by atoms with Crippen molar-refractivity contribution in [1.82, 2.24) is 4.90 Å². The second-order valence-corrected chi connectivity index (χ2v) is 7.01. The van der Waals surface area contributed by atoms with Crippen LogP contribution in [0.25, 0.3) is 0 Å². The molecule has 1 aromatic rings. The number of carboxylic acids is 1. The molecule has 0 radical (unpaired) electrons. The van der Waals surface area contributed by atoms with Gasteiger partial charge in [0.25, 0.3) is 5.91 Å². The van der Waals surface area contributed by atoms with Gasteiger partial charge in [0, 0.05) is 19.7 Å². The number of halogens is 1. The molecule has 0 aliphatic carbocycles. The second-order valence-electron chi connectivity index (χ2n) is 7.01. The van der Waals surface area contributed by atoms with E-state index in [0.717, 1.165) is 5.56 Å². The van der Waals surface area contributed by atoms with Gasteiger partial charge in [-0.25, -0.2) is 4.39 Å². The predicted molar refractivity (Wildman–Crippen MR) is 91.4 cm³/mol. The molecule has 142 valence electrons. The minimum Gasteiger partial charge on any atom is -0.481 e. The highest BCUT2D eigenvalue weighted by Crippen LogP contribution is 2.33. The lowest BCUT2D eigenvalue weighted by molar-refractivity contribution is -0.146. The summed E-state index contributed by atoms with van der Waals surface area (Å²) in [7, 11) is 0. The molecule has 7 heteroatoms. The maximum Gasteiger partial charge on any atom is 0.309 e. The summed E-state index contributed by atoms with van der Waals surface area (Å²) >= 11 is 0. The van der Waals surface area contributed by atoms with Crippen molar-refractivity contribution in [3.8, 4) is 5.75 Å². The van der Waals surface area contributed by atoms with Crippen molar-refractivity contribution in [2.75, 3.05) is 26.3 Å². The van der Waals surface area contributed by atoms with Gasteiger partial charge >= 0.3 is 5.97 Å². The molecule has 2 fully saturated rings. The van der Waals surface area contributed by atoms with Crippen molar-refractivity contribution in [3.05, 3.63) is 29.6 Å². The Balaban J connectivity index is 1.49. The van der Waals surface area contributed by atoms with Crippen molar-refractivity contribution in [1.29, 1.82) is 0 Å². The topological polar surface area (TPSA) is 76.1 Å². The van der Waals surface area contributed by atoms with Crippen LogP contribution in [0, 0.1) is 24.6 Å². The summed E-state index contributed by atoms with van der Waals surface area (Å²) < 4.78 is 24.7. The number of aliphatic carboxylic acids is 1. The molecule has 2 atom stereocenters. The third-order valence-electron chi connectivity index (χ3n) is 5.25. The molecule has 1 aromatic carbocycles. The van der Waals surface area contributed by atoms with Gasteiger partial charge < -0.3 is 19.5 Å². The van der Waals surface area contributed by atoms with E-state index in [-0.39, 0.29) is 30.3 Å². The van der Waals surface area contributed by atoms with E-state index in [9.17, 15) is 19.1 Å². The van der Waals surface area contributed by atoms with Crippen molar-refractivity contribution in [2.24, 2.45) is 11.8 Å². The number of rotatable bonds is 5. The number of nitrogens with zero attached hydrogens (tertiary/aromatic N) is 1. The maximum absolute atomic E-state index is 13.7. The first-order valence-electron chi connectivity index (χ1n) is 8.97. The first-order chi connectivity index (χ1) is 12.5. The lowest BCUT2D eigenvalue weighted by Gasteiger charge is -2.35. The Kier molecular flexibility index (Phi) is 5.76. The standard InChI is InChI=1S/C19H24FNO5/c1-12-2-3-15(20)16(10-12)26-11-17(22)21-7-4-13(5-8-21)18-14(19(23)24)6-9-25-18/h2-3,10,13-14,18H,4-9,11H2,1H3,(H,23,24)/t14?,18-/m0/s1. The molecule has 1 N–H and O–H groups in total. The molecule has 2 aliphatic rings. The van der Waals surface area contributed by atoms with Crippen LogP contribution in [0.4, 0.5) is 4.39 Å². The normalized spacial score (nSPS) is 23.8. The summed E-state index contributed by atoms with van der Waals surface area (Å²) in [5.74, 6) is -1.70. The summed E-state index contributed by atoms with van der Waals surface area (Å²) in [6.07, 6.45) is 1.70. The van der Waals surface area contributed by atoms with E-state index in [4.69, 9.17) is 9.47 Å². The zero-order chi connectivity index (χ0) is 18.7. The number of carbonyl (C=O) groups is 2. The fraction of sp³-hybridized carbons (Fsp3) is 0.579. The number of amides is 1. The fourth-order valence-corrected chi connectivity index (χ4v) is 3.77. The third-order valence-corrected chi connectivity index (χ3v) is 5.25. The van der Waals surface area contributed by atoms with E-state index in [0.29, 0.717) is 39.0 Å². The van der Waals surface area contributed by atoms with Gasteiger partial charge in [0.05, 0.1) is 12.0 Å². The number of hydrogen-bond acceptors (Lipinski definition) is 4. The van der Waals surface area contributed by atoms with Crippen LogP contribution in [-0.4, -0.2) is 54.3 Å². The Labute approximate surface area is 151 Å². The monoisotopic (exact) mass is 365 g/mol. The number of piperidine rings is 1. The van der Waals surface area contributed by atoms with Gasteiger partial charge in [0.1, 0.15) is 0 Å². The second kappa shape index (κ2) is 8.03. The molecule has 2 heterocycles. The Hall–Kier alpha value is -2.15. The van der Waals surface area contributed by atoms with E-state index in [1.165, 1.54) is 6.07 Å². The van der Waals surface area contributed by atoms with E-state index in [2.05, 4.69) is 0 Å². The lowest BCUT2D eigenvalue weighted by Crippen LogP contribution is -2.44. The molecule has 2 aliphatic heterocycles. The van der Waals surface area contributed by atoms with Crippen molar-refractivity contribution < 1.29 is 28.6 Å². The average molecular weight is 365 g/mol. The van der Waals surface area contributed by atoms with Crippen LogP contribution >= 0.6 is 0 Å². The molecule has 0 saturated carbocycles. The lowest BCUT2D eigenvalue weighted by atomic mass is 9.84. The largest absolute Gasteiger partial charge is 0.481 e. The first kappa shape index (κ1) is 18.6. The quantitative estimate of drug-likeness (QED) is 0.866.